The van der Waals surface area contributed by atoms with Crippen LogP contribution in [0.15, 0.2) is 24.3 Å². The molecular formula is C13H19ClN2. The number of benzene rings is 1. The molecule has 0 aliphatic carbocycles. The van der Waals surface area contributed by atoms with Gasteiger partial charge in [0, 0.05) is 11.1 Å². The minimum Gasteiger partial charge on any atom is -0.330 e. The Bertz CT molecular complexity index is 323. The third kappa shape index (κ3) is 2.76. The number of likely N-dealkylation sites (tertiary alicyclic amines) is 1. The summed E-state index contributed by atoms with van der Waals surface area (Å²) in [5.74, 6) is 0. The molecule has 1 saturated heterocycles. The molecule has 1 aromatic rings. The molecular weight excluding hydrogens is 220 g/mol. The van der Waals surface area contributed by atoms with E-state index in [0.29, 0.717) is 6.04 Å². The van der Waals surface area contributed by atoms with Gasteiger partial charge in [-0.05, 0) is 56.6 Å². The van der Waals surface area contributed by atoms with Crippen molar-refractivity contribution in [2.75, 3.05) is 19.6 Å². The molecule has 88 valence electrons. The van der Waals surface area contributed by atoms with Crippen molar-refractivity contribution in [2.45, 2.75) is 25.3 Å². The zero-order chi connectivity index (χ0) is 11.4. The number of rotatable bonds is 4. The standard InChI is InChI=1S/C13H19ClN2/c14-12-6-4-11(5-7-12)13-3-1-9-16(13)10-2-8-15/h4-7,13H,1-3,8-10,15H2/t13-/m1/s1. The number of halogens is 1. The lowest BCUT2D eigenvalue weighted by atomic mass is 10.0. The fraction of sp³-hybridized carbons (Fsp3) is 0.538. The topological polar surface area (TPSA) is 29.3 Å². The lowest BCUT2D eigenvalue weighted by molar-refractivity contribution is 0.255. The fourth-order valence-electron chi connectivity index (χ4n) is 2.45. The SMILES string of the molecule is NCCCN1CCC[C@@H]1c1ccc(Cl)cc1. The molecule has 1 aliphatic rings. The van der Waals surface area contributed by atoms with Gasteiger partial charge in [0.1, 0.15) is 0 Å². The Morgan fingerprint density at radius 3 is 2.75 bits per heavy atom. The molecule has 0 unspecified atom stereocenters. The highest BCUT2D eigenvalue weighted by molar-refractivity contribution is 6.30. The van der Waals surface area contributed by atoms with Crippen LogP contribution >= 0.6 is 11.6 Å². The Balaban J connectivity index is 2.04. The average molecular weight is 239 g/mol. The smallest absolute Gasteiger partial charge is 0.0406 e. The molecule has 0 amide bonds. The van der Waals surface area contributed by atoms with Crippen molar-refractivity contribution < 1.29 is 0 Å². The second-order valence-corrected chi connectivity index (χ2v) is 4.82. The first kappa shape index (κ1) is 11.9. The summed E-state index contributed by atoms with van der Waals surface area (Å²) in [4.78, 5) is 2.54. The molecule has 2 nitrogen and oxygen atoms in total. The molecule has 1 heterocycles. The van der Waals surface area contributed by atoms with Crippen LogP contribution in [0.3, 0.4) is 0 Å². The first-order valence-corrected chi connectivity index (χ1v) is 6.38. The molecule has 0 aromatic heterocycles. The van der Waals surface area contributed by atoms with Crippen molar-refractivity contribution in [2.24, 2.45) is 5.73 Å². The van der Waals surface area contributed by atoms with Crippen LogP contribution in [0.5, 0.6) is 0 Å². The van der Waals surface area contributed by atoms with E-state index in [-0.39, 0.29) is 0 Å². The number of nitrogens with zero attached hydrogens (tertiary/aromatic N) is 1. The minimum absolute atomic E-state index is 0.573. The highest BCUT2D eigenvalue weighted by atomic mass is 35.5. The number of hydrogen-bond donors (Lipinski definition) is 1. The summed E-state index contributed by atoms with van der Waals surface area (Å²) in [5.41, 5.74) is 6.95. The monoisotopic (exact) mass is 238 g/mol. The van der Waals surface area contributed by atoms with E-state index in [4.69, 9.17) is 17.3 Å². The number of hydrogen-bond acceptors (Lipinski definition) is 2. The van der Waals surface area contributed by atoms with E-state index in [1.807, 2.05) is 12.1 Å². The lowest BCUT2D eigenvalue weighted by Gasteiger charge is -2.24. The quantitative estimate of drug-likeness (QED) is 0.874. The van der Waals surface area contributed by atoms with Gasteiger partial charge < -0.3 is 5.73 Å². The van der Waals surface area contributed by atoms with E-state index in [1.165, 1.54) is 24.9 Å². The highest BCUT2D eigenvalue weighted by Gasteiger charge is 2.24. The van der Waals surface area contributed by atoms with E-state index in [0.717, 1.165) is 24.5 Å². The van der Waals surface area contributed by atoms with Gasteiger partial charge in [-0.2, -0.15) is 0 Å². The van der Waals surface area contributed by atoms with Crippen molar-refractivity contribution >= 4 is 11.6 Å². The van der Waals surface area contributed by atoms with Crippen LogP contribution in [-0.4, -0.2) is 24.5 Å². The Morgan fingerprint density at radius 2 is 2.06 bits per heavy atom. The predicted molar refractivity (Wildman–Crippen MR) is 68.7 cm³/mol. The molecule has 0 bridgehead atoms. The average Bonchev–Trinajstić information content (AvgIpc) is 2.75. The largest absolute Gasteiger partial charge is 0.330 e. The summed E-state index contributed by atoms with van der Waals surface area (Å²) < 4.78 is 0. The summed E-state index contributed by atoms with van der Waals surface area (Å²) in [6.45, 7) is 3.10. The first-order chi connectivity index (χ1) is 7.81. The van der Waals surface area contributed by atoms with Gasteiger partial charge in [-0.1, -0.05) is 23.7 Å². The Labute approximate surface area is 102 Å². The van der Waals surface area contributed by atoms with Gasteiger partial charge >= 0.3 is 0 Å². The van der Waals surface area contributed by atoms with Crippen molar-refractivity contribution in [1.82, 2.24) is 4.90 Å². The van der Waals surface area contributed by atoms with Crippen molar-refractivity contribution in [3.8, 4) is 0 Å². The minimum atomic E-state index is 0.573. The van der Waals surface area contributed by atoms with E-state index < -0.39 is 0 Å². The molecule has 0 spiro atoms. The molecule has 1 fully saturated rings. The van der Waals surface area contributed by atoms with Crippen LogP contribution in [0.1, 0.15) is 30.9 Å². The van der Waals surface area contributed by atoms with Crippen LogP contribution in [0.4, 0.5) is 0 Å². The summed E-state index contributed by atoms with van der Waals surface area (Å²) >= 11 is 5.91. The molecule has 16 heavy (non-hydrogen) atoms. The van der Waals surface area contributed by atoms with E-state index in [9.17, 15) is 0 Å². The van der Waals surface area contributed by atoms with Crippen molar-refractivity contribution in [3.63, 3.8) is 0 Å². The maximum absolute atomic E-state index is 5.91. The van der Waals surface area contributed by atoms with Gasteiger partial charge in [0.25, 0.3) is 0 Å². The molecule has 0 radical (unpaired) electrons. The van der Waals surface area contributed by atoms with Gasteiger partial charge in [0.05, 0.1) is 0 Å². The third-order valence-corrected chi connectivity index (χ3v) is 3.52. The van der Waals surface area contributed by atoms with Gasteiger partial charge in [-0.3, -0.25) is 4.90 Å². The van der Waals surface area contributed by atoms with Gasteiger partial charge in [-0.25, -0.2) is 0 Å². The fourth-order valence-corrected chi connectivity index (χ4v) is 2.58. The van der Waals surface area contributed by atoms with Gasteiger partial charge in [0.2, 0.25) is 0 Å². The lowest BCUT2D eigenvalue weighted by Crippen LogP contribution is -2.25. The first-order valence-electron chi connectivity index (χ1n) is 6.01. The normalized spacial score (nSPS) is 21.5. The van der Waals surface area contributed by atoms with Crippen LogP contribution in [0.25, 0.3) is 0 Å². The zero-order valence-corrected chi connectivity index (χ0v) is 10.3. The third-order valence-electron chi connectivity index (χ3n) is 3.27. The maximum atomic E-state index is 5.91. The second-order valence-electron chi connectivity index (χ2n) is 4.39. The molecule has 1 aromatic carbocycles. The Morgan fingerprint density at radius 1 is 1.31 bits per heavy atom. The van der Waals surface area contributed by atoms with E-state index in [1.54, 1.807) is 0 Å². The maximum Gasteiger partial charge on any atom is 0.0406 e. The summed E-state index contributed by atoms with van der Waals surface area (Å²) in [5, 5.41) is 0.815. The second kappa shape index (κ2) is 5.67. The molecule has 1 aliphatic heterocycles. The summed E-state index contributed by atoms with van der Waals surface area (Å²) in [6, 6.07) is 8.83. The van der Waals surface area contributed by atoms with Crippen LogP contribution < -0.4 is 5.73 Å². The van der Waals surface area contributed by atoms with Gasteiger partial charge in [-0.15, -0.1) is 0 Å². The molecule has 3 heteroatoms. The van der Waals surface area contributed by atoms with Crippen LogP contribution in [0, 0.1) is 0 Å². The molecule has 2 rings (SSSR count). The zero-order valence-electron chi connectivity index (χ0n) is 9.53. The summed E-state index contributed by atoms with van der Waals surface area (Å²) in [7, 11) is 0. The predicted octanol–water partition coefficient (Wildman–Crippen LogP) is 2.83. The van der Waals surface area contributed by atoms with E-state index >= 15 is 0 Å². The molecule has 1 atom stereocenters. The molecule has 2 N–H and O–H groups in total. The Hall–Kier alpha value is -0.570. The number of nitrogens with two attached hydrogens (primary N) is 1. The Kier molecular flexibility index (Phi) is 4.22. The van der Waals surface area contributed by atoms with Crippen molar-refractivity contribution in [3.05, 3.63) is 34.9 Å². The van der Waals surface area contributed by atoms with Crippen LogP contribution in [0.2, 0.25) is 5.02 Å². The van der Waals surface area contributed by atoms with E-state index in [2.05, 4.69) is 17.0 Å². The van der Waals surface area contributed by atoms with Gasteiger partial charge in [0.15, 0.2) is 0 Å². The van der Waals surface area contributed by atoms with Crippen molar-refractivity contribution in [1.29, 1.82) is 0 Å². The molecule has 0 saturated carbocycles. The highest BCUT2D eigenvalue weighted by Crippen LogP contribution is 2.32. The van der Waals surface area contributed by atoms with Crippen LogP contribution in [-0.2, 0) is 0 Å². The summed E-state index contributed by atoms with van der Waals surface area (Å²) in [6.07, 6.45) is 3.63.